The van der Waals surface area contributed by atoms with Gasteiger partial charge in [-0.1, -0.05) is 37.3 Å². The van der Waals surface area contributed by atoms with Gasteiger partial charge in [0.1, 0.15) is 5.75 Å². The van der Waals surface area contributed by atoms with Crippen LogP contribution in [0.15, 0.2) is 48.5 Å². The van der Waals surface area contributed by atoms with Gasteiger partial charge in [0, 0.05) is 24.8 Å². The second-order valence-electron chi connectivity index (χ2n) is 5.55. The Hall–Kier alpha value is -2.00. The summed E-state index contributed by atoms with van der Waals surface area (Å²) in [5.74, 6) is 0.336. The lowest BCUT2D eigenvalue weighted by Gasteiger charge is -2.36. The Balaban J connectivity index is 1.85. The summed E-state index contributed by atoms with van der Waals surface area (Å²) in [6, 6.07) is 16.6. The first-order valence-corrected chi connectivity index (χ1v) is 7.63. The number of nitrogens with zero attached hydrogens (tertiary/aromatic N) is 1. The van der Waals surface area contributed by atoms with Gasteiger partial charge in [-0.15, -0.1) is 0 Å². The fourth-order valence-corrected chi connectivity index (χ4v) is 3.13. The second kappa shape index (κ2) is 6.19. The molecule has 2 aromatic carbocycles. The summed E-state index contributed by atoms with van der Waals surface area (Å²) in [5, 5.41) is 13.2. The Morgan fingerprint density at radius 3 is 2.86 bits per heavy atom. The van der Waals surface area contributed by atoms with E-state index >= 15 is 0 Å². The van der Waals surface area contributed by atoms with Crippen molar-refractivity contribution in [1.82, 2.24) is 5.32 Å². The molecule has 0 fully saturated rings. The third-order valence-corrected chi connectivity index (χ3v) is 4.08. The number of fused-ring (bicyclic) bond motifs is 1. The number of para-hydroxylation sites is 1. The van der Waals surface area contributed by atoms with E-state index in [0.29, 0.717) is 11.8 Å². The highest BCUT2D eigenvalue weighted by Gasteiger charge is 2.23. The molecule has 1 aliphatic rings. The number of hydrogen-bond acceptors (Lipinski definition) is 3. The number of nitrogens with one attached hydrogen (secondary N) is 1. The number of rotatable bonds is 4. The van der Waals surface area contributed by atoms with E-state index in [9.17, 15) is 5.11 Å². The molecule has 21 heavy (non-hydrogen) atoms. The van der Waals surface area contributed by atoms with Gasteiger partial charge in [-0.05, 0) is 42.3 Å². The zero-order valence-corrected chi connectivity index (χ0v) is 12.4. The minimum Gasteiger partial charge on any atom is -0.508 e. The van der Waals surface area contributed by atoms with Gasteiger partial charge in [0.25, 0.3) is 0 Å². The molecule has 0 radical (unpaired) electrons. The van der Waals surface area contributed by atoms with Crippen LogP contribution in [0.4, 0.5) is 5.69 Å². The SMILES string of the molecule is CCNC1CCN(Cc2cccc(O)c2)c2ccccc21. The van der Waals surface area contributed by atoms with E-state index in [1.54, 1.807) is 6.07 Å². The van der Waals surface area contributed by atoms with Gasteiger partial charge in [0.2, 0.25) is 0 Å². The van der Waals surface area contributed by atoms with Crippen molar-refractivity contribution in [1.29, 1.82) is 0 Å². The third kappa shape index (κ3) is 3.03. The molecule has 3 heteroatoms. The Bertz CT molecular complexity index is 612. The topological polar surface area (TPSA) is 35.5 Å². The van der Waals surface area contributed by atoms with E-state index in [2.05, 4.69) is 47.5 Å². The van der Waals surface area contributed by atoms with E-state index < -0.39 is 0 Å². The largest absolute Gasteiger partial charge is 0.508 e. The predicted molar refractivity (Wildman–Crippen MR) is 86.6 cm³/mol. The van der Waals surface area contributed by atoms with Crippen LogP contribution in [-0.2, 0) is 6.54 Å². The molecule has 3 nitrogen and oxygen atoms in total. The lowest BCUT2D eigenvalue weighted by atomic mass is 9.96. The number of phenols is 1. The standard InChI is InChI=1S/C18H22N2O/c1-2-19-17-10-11-20(18-9-4-3-8-16(17)18)13-14-6-5-7-15(21)12-14/h3-9,12,17,19,21H,2,10-11,13H2,1H3. The average molecular weight is 282 g/mol. The predicted octanol–water partition coefficient (Wildman–Crippen LogP) is 3.45. The van der Waals surface area contributed by atoms with E-state index in [1.807, 2.05) is 12.1 Å². The summed E-state index contributed by atoms with van der Waals surface area (Å²) >= 11 is 0. The molecular weight excluding hydrogens is 260 g/mol. The molecule has 0 bridgehead atoms. The van der Waals surface area contributed by atoms with Crippen molar-refractivity contribution in [3.05, 3.63) is 59.7 Å². The Morgan fingerprint density at radius 1 is 1.19 bits per heavy atom. The maximum atomic E-state index is 9.62. The molecule has 0 amide bonds. The van der Waals surface area contributed by atoms with Crippen molar-refractivity contribution in [3.63, 3.8) is 0 Å². The van der Waals surface area contributed by atoms with Crippen molar-refractivity contribution in [2.75, 3.05) is 18.0 Å². The fourth-order valence-electron chi connectivity index (χ4n) is 3.13. The van der Waals surface area contributed by atoms with Crippen LogP contribution in [0.5, 0.6) is 5.75 Å². The molecule has 0 spiro atoms. The van der Waals surface area contributed by atoms with Crippen molar-refractivity contribution in [2.24, 2.45) is 0 Å². The second-order valence-corrected chi connectivity index (χ2v) is 5.55. The van der Waals surface area contributed by atoms with Crippen LogP contribution in [0.3, 0.4) is 0 Å². The average Bonchev–Trinajstić information content (AvgIpc) is 2.50. The highest BCUT2D eigenvalue weighted by molar-refractivity contribution is 5.57. The number of benzene rings is 2. The molecule has 0 aromatic heterocycles. The van der Waals surface area contributed by atoms with E-state index in [0.717, 1.165) is 31.6 Å². The Labute approximate surface area is 126 Å². The van der Waals surface area contributed by atoms with Crippen molar-refractivity contribution < 1.29 is 5.11 Å². The van der Waals surface area contributed by atoms with Gasteiger partial charge < -0.3 is 15.3 Å². The molecule has 0 aliphatic carbocycles. The molecule has 110 valence electrons. The zero-order valence-electron chi connectivity index (χ0n) is 12.4. The smallest absolute Gasteiger partial charge is 0.115 e. The number of aromatic hydroxyl groups is 1. The highest BCUT2D eigenvalue weighted by Crippen LogP contribution is 2.34. The molecule has 1 aliphatic heterocycles. The number of phenolic OH excluding ortho intramolecular Hbond substituents is 1. The summed E-state index contributed by atoms with van der Waals surface area (Å²) in [6.45, 7) is 5.02. The normalized spacial score (nSPS) is 17.6. The lowest BCUT2D eigenvalue weighted by molar-refractivity contribution is 0.473. The Kier molecular flexibility index (Phi) is 4.11. The van der Waals surface area contributed by atoms with Gasteiger partial charge >= 0.3 is 0 Å². The zero-order chi connectivity index (χ0) is 14.7. The Morgan fingerprint density at radius 2 is 2.05 bits per heavy atom. The van der Waals surface area contributed by atoms with Gasteiger partial charge in [-0.3, -0.25) is 0 Å². The number of anilines is 1. The van der Waals surface area contributed by atoms with Crippen LogP contribution in [-0.4, -0.2) is 18.2 Å². The first-order valence-electron chi connectivity index (χ1n) is 7.63. The van der Waals surface area contributed by atoms with Crippen LogP contribution in [0.25, 0.3) is 0 Å². The molecule has 2 aromatic rings. The molecule has 2 N–H and O–H groups in total. The van der Waals surface area contributed by atoms with Crippen LogP contribution in [0.2, 0.25) is 0 Å². The maximum absolute atomic E-state index is 9.62. The van der Waals surface area contributed by atoms with Gasteiger partial charge in [-0.25, -0.2) is 0 Å². The minimum absolute atomic E-state index is 0.336. The molecule has 1 atom stereocenters. The van der Waals surface area contributed by atoms with Crippen LogP contribution >= 0.6 is 0 Å². The van der Waals surface area contributed by atoms with Crippen LogP contribution in [0.1, 0.15) is 30.5 Å². The van der Waals surface area contributed by atoms with Crippen molar-refractivity contribution in [3.8, 4) is 5.75 Å². The van der Waals surface area contributed by atoms with Crippen molar-refractivity contribution >= 4 is 5.69 Å². The van der Waals surface area contributed by atoms with Crippen LogP contribution < -0.4 is 10.2 Å². The summed E-state index contributed by atoms with van der Waals surface area (Å²) in [5.41, 5.74) is 3.83. The van der Waals surface area contributed by atoms with E-state index in [-0.39, 0.29) is 0 Å². The molecule has 0 saturated carbocycles. The minimum atomic E-state index is 0.336. The lowest BCUT2D eigenvalue weighted by Crippen LogP contribution is -2.35. The van der Waals surface area contributed by atoms with Crippen molar-refractivity contribution in [2.45, 2.75) is 25.9 Å². The van der Waals surface area contributed by atoms with Crippen LogP contribution in [0, 0.1) is 0 Å². The summed E-state index contributed by atoms with van der Waals surface area (Å²) in [4.78, 5) is 2.40. The van der Waals surface area contributed by atoms with Gasteiger partial charge in [0.05, 0.1) is 0 Å². The quantitative estimate of drug-likeness (QED) is 0.901. The monoisotopic (exact) mass is 282 g/mol. The molecular formula is C18H22N2O. The third-order valence-electron chi connectivity index (χ3n) is 4.08. The van der Waals surface area contributed by atoms with E-state index in [1.165, 1.54) is 11.3 Å². The fraction of sp³-hybridized carbons (Fsp3) is 0.333. The molecule has 0 saturated heterocycles. The maximum Gasteiger partial charge on any atom is 0.115 e. The highest BCUT2D eigenvalue weighted by atomic mass is 16.3. The first kappa shape index (κ1) is 14.0. The van der Waals surface area contributed by atoms with Gasteiger partial charge in [0.15, 0.2) is 0 Å². The van der Waals surface area contributed by atoms with E-state index in [4.69, 9.17) is 0 Å². The molecule has 1 unspecified atom stereocenters. The molecule has 3 rings (SSSR count). The summed E-state index contributed by atoms with van der Waals surface area (Å²) in [7, 11) is 0. The van der Waals surface area contributed by atoms with Gasteiger partial charge in [-0.2, -0.15) is 0 Å². The number of hydrogen-bond donors (Lipinski definition) is 2. The first-order chi connectivity index (χ1) is 10.3. The molecule has 1 heterocycles. The summed E-state index contributed by atoms with van der Waals surface area (Å²) < 4.78 is 0. The summed E-state index contributed by atoms with van der Waals surface area (Å²) in [6.07, 6.45) is 1.11.